The first-order valence-electron chi connectivity index (χ1n) is 8.89. The zero-order valence-electron chi connectivity index (χ0n) is 15.6. The molecule has 0 atom stereocenters. The molecule has 0 saturated heterocycles. The number of thioether (sulfide) groups is 1. The van der Waals surface area contributed by atoms with Crippen LogP contribution in [0.2, 0.25) is 0 Å². The van der Waals surface area contributed by atoms with Crippen LogP contribution >= 0.6 is 11.8 Å². The summed E-state index contributed by atoms with van der Waals surface area (Å²) in [5.41, 5.74) is 1.99. The van der Waals surface area contributed by atoms with Crippen LogP contribution in [0.25, 0.3) is 11.4 Å². The van der Waals surface area contributed by atoms with E-state index in [1.807, 2.05) is 73.7 Å². The third-order valence-electron chi connectivity index (χ3n) is 4.09. The van der Waals surface area contributed by atoms with Crippen LogP contribution in [0.15, 0.2) is 76.7 Å². The molecule has 2 aromatic heterocycles. The Labute approximate surface area is 170 Å². The first kappa shape index (κ1) is 18.8. The summed E-state index contributed by atoms with van der Waals surface area (Å²) in [5.74, 6) is 0.458. The van der Waals surface area contributed by atoms with E-state index in [0.717, 1.165) is 11.4 Å². The van der Waals surface area contributed by atoms with Crippen molar-refractivity contribution in [3.05, 3.63) is 82.9 Å². The summed E-state index contributed by atoms with van der Waals surface area (Å²) in [4.78, 5) is 24.6. The van der Waals surface area contributed by atoms with Gasteiger partial charge in [-0.2, -0.15) is 5.10 Å². The number of hydrogen-bond acceptors (Lipinski definition) is 5. The highest BCUT2D eigenvalue weighted by molar-refractivity contribution is 7.99. The van der Waals surface area contributed by atoms with Crippen molar-refractivity contribution in [2.45, 2.75) is 12.1 Å². The van der Waals surface area contributed by atoms with Crippen LogP contribution in [-0.4, -0.2) is 36.2 Å². The van der Waals surface area contributed by atoms with E-state index in [4.69, 9.17) is 0 Å². The van der Waals surface area contributed by atoms with E-state index in [1.54, 1.807) is 4.68 Å². The lowest BCUT2D eigenvalue weighted by atomic mass is 10.3. The Balaban J connectivity index is 1.49. The van der Waals surface area contributed by atoms with Crippen molar-refractivity contribution in [3.63, 3.8) is 0 Å². The topological polar surface area (TPSA) is 97.6 Å². The van der Waals surface area contributed by atoms with Crippen molar-refractivity contribution in [1.82, 2.24) is 24.5 Å². The molecule has 2 heterocycles. The van der Waals surface area contributed by atoms with E-state index < -0.39 is 0 Å². The maximum absolute atomic E-state index is 12.5. The molecule has 0 aliphatic heterocycles. The Bertz CT molecular complexity index is 1180. The summed E-state index contributed by atoms with van der Waals surface area (Å²) in [6, 6.07) is 20.5. The second kappa shape index (κ2) is 8.19. The third kappa shape index (κ3) is 4.14. The SMILES string of the molecule is Cc1cc(NC(=O)CSc2n[nH]c(=O)n2-c2ccccc2)n(-c2ccccc2)n1. The molecule has 0 spiro atoms. The molecule has 0 aliphatic carbocycles. The summed E-state index contributed by atoms with van der Waals surface area (Å²) >= 11 is 1.18. The van der Waals surface area contributed by atoms with Gasteiger partial charge >= 0.3 is 5.69 Å². The van der Waals surface area contributed by atoms with Gasteiger partial charge in [0.05, 0.1) is 22.8 Å². The van der Waals surface area contributed by atoms with Gasteiger partial charge in [0.1, 0.15) is 5.82 Å². The Morgan fingerprint density at radius 1 is 1.07 bits per heavy atom. The molecule has 146 valence electrons. The number of para-hydroxylation sites is 2. The summed E-state index contributed by atoms with van der Waals surface area (Å²) in [6.07, 6.45) is 0. The van der Waals surface area contributed by atoms with E-state index >= 15 is 0 Å². The van der Waals surface area contributed by atoms with Gasteiger partial charge in [-0.1, -0.05) is 48.2 Å². The maximum atomic E-state index is 12.5. The fraction of sp³-hybridized carbons (Fsp3) is 0.100. The van der Waals surface area contributed by atoms with E-state index in [0.29, 0.717) is 16.7 Å². The number of carbonyl (C=O) groups is 1. The molecule has 0 unspecified atom stereocenters. The molecule has 4 rings (SSSR count). The molecule has 0 fully saturated rings. The minimum atomic E-state index is -0.350. The normalized spacial score (nSPS) is 10.8. The largest absolute Gasteiger partial charge is 0.348 e. The lowest BCUT2D eigenvalue weighted by Gasteiger charge is -2.09. The number of aromatic nitrogens is 5. The number of aryl methyl sites for hydroxylation is 1. The van der Waals surface area contributed by atoms with Crippen LogP contribution in [0.4, 0.5) is 5.82 Å². The van der Waals surface area contributed by atoms with Gasteiger partial charge in [0.2, 0.25) is 5.91 Å². The molecule has 9 heteroatoms. The summed E-state index contributed by atoms with van der Waals surface area (Å²) < 4.78 is 3.13. The first-order chi connectivity index (χ1) is 14.1. The molecule has 0 saturated carbocycles. The average molecular weight is 406 g/mol. The molecule has 0 aliphatic rings. The van der Waals surface area contributed by atoms with Crippen LogP contribution in [0.5, 0.6) is 0 Å². The number of nitrogens with one attached hydrogen (secondary N) is 2. The van der Waals surface area contributed by atoms with Crippen molar-refractivity contribution in [3.8, 4) is 11.4 Å². The Morgan fingerprint density at radius 2 is 1.72 bits per heavy atom. The van der Waals surface area contributed by atoms with Crippen LogP contribution < -0.4 is 11.0 Å². The average Bonchev–Trinajstić information content (AvgIpc) is 3.29. The van der Waals surface area contributed by atoms with Gasteiger partial charge in [-0.15, -0.1) is 5.10 Å². The number of nitrogens with zero attached hydrogens (tertiary/aromatic N) is 4. The van der Waals surface area contributed by atoms with Crippen LogP contribution in [-0.2, 0) is 4.79 Å². The smallest absolute Gasteiger partial charge is 0.310 e. The van der Waals surface area contributed by atoms with Gasteiger partial charge in [0, 0.05) is 6.07 Å². The Kier molecular flexibility index (Phi) is 5.30. The standard InChI is InChI=1S/C20H18N6O2S/c1-14-12-17(26(24-14)16-10-6-3-7-11-16)21-18(27)13-29-20-23-22-19(28)25(20)15-8-4-2-5-9-15/h2-12H,13H2,1H3,(H,21,27)(H,22,28). The van der Waals surface area contributed by atoms with Crippen molar-refractivity contribution in [2.75, 3.05) is 11.1 Å². The fourth-order valence-corrected chi connectivity index (χ4v) is 3.61. The molecular weight excluding hydrogens is 388 g/mol. The van der Waals surface area contributed by atoms with Crippen molar-refractivity contribution < 1.29 is 4.79 Å². The highest BCUT2D eigenvalue weighted by Crippen LogP contribution is 2.20. The molecule has 1 amide bonds. The number of hydrogen-bond donors (Lipinski definition) is 2. The fourth-order valence-electron chi connectivity index (χ4n) is 2.85. The van der Waals surface area contributed by atoms with Crippen LogP contribution in [0.3, 0.4) is 0 Å². The summed E-state index contributed by atoms with van der Waals surface area (Å²) in [5, 5.41) is 14.2. The molecule has 29 heavy (non-hydrogen) atoms. The van der Waals surface area contributed by atoms with Gasteiger partial charge < -0.3 is 5.32 Å². The predicted molar refractivity (Wildman–Crippen MR) is 112 cm³/mol. The van der Waals surface area contributed by atoms with Gasteiger partial charge in [-0.3, -0.25) is 4.79 Å². The zero-order valence-corrected chi connectivity index (χ0v) is 16.4. The zero-order chi connectivity index (χ0) is 20.2. The third-order valence-corrected chi connectivity index (χ3v) is 5.03. The predicted octanol–water partition coefficient (Wildman–Crippen LogP) is 2.79. The molecule has 0 bridgehead atoms. The number of aromatic amines is 1. The lowest BCUT2D eigenvalue weighted by molar-refractivity contribution is -0.113. The highest BCUT2D eigenvalue weighted by Gasteiger charge is 2.15. The number of benzene rings is 2. The Hall–Kier alpha value is -3.59. The molecular formula is C20H18N6O2S. The Morgan fingerprint density at radius 3 is 2.41 bits per heavy atom. The van der Waals surface area contributed by atoms with Gasteiger partial charge in [-0.05, 0) is 31.2 Å². The maximum Gasteiger partial charge on any atom is 0.348 e. The second-order valence-electron chi connectivity index (χ2n) is 6.24. The van der Waals surface area contributed by atoms with Crippen LogP contribution in [0.1, 0.15) is 5.69 Å². The molecule has 8 nitrogen and oxygen atoms in total. The van der Waals surface area contributed by atoms with Gasteiger partial charge in [0.25, 0.3) is 0 Å². The molecule has 2 aromatic carbocycles. The highest BCUT2D eigenvalue weighted by atomic mass is 32.2. The molecule has 2 N–H and O–H groups in total. The number of rotatable bonds is 6. The van der Waals surface area contributed by atoms with E-state index in [9.17, 15) is 9.59 Å². The number of anilines is 1. The van der Waals surface area contributed by atoms with E-state index in [-0.39, 0.29) is 17.3 Å². The van der Waals surface area contributed by atoms with Crippen LogP contribution in [0, 0.1) is 6.92 Å². The minimum Gasteiger partial charge on any atom is -0.310 e. The van der Waals surface area contributed by atoms with Gasteiger partial charge in [0.15, 0.2) is 5.16 Å². The number of carbonyl (C=O) groups excluding carboxylic acids is 1. The number of H-pyrrole nitrogens is 1. The van der Waals surface area contributed by atoms with Crippen molar-refractivity contribution in [2.24, 2.45) is 0 Å². The first-order valence-corrected chi connectivity index (χ1v) is 9.88. The van der Waals surface area contributed by atoms with E-state index in [2.05, 4.69) is 20.6 Å². The monoisotopic (exact) mass is 406 g/mol. The summed E-state index contributed by atoms with van der Waals surface area (Å²) in [7, 11) is 0. The quantitative estimate of drug-likeness (QED) is 0.480. The van der Waals surface area contributed by atoms with Crippen molar-refractivity contribution >= 4 is 23.5 Å². The number of amides is 1. The van der Waals surface area contributed by atoms with Gasteiger partial charge in [-0.25, -0.2) is 19.1 Å². The second-order valence-corrected chi connectivity index (χ2v) is 7.18. The summed E-state index contributed by atoms with van der Waals surface area (Å²) in [6.45, 7) is 1.87. The lowest BCUT2D eigenvalue weighted by Crippen LogP contribution is -2.18. The minimum absolute atomic E-state index is 0.0934. The molecule has 4 aromatic rings. The van der Waals surface area contributed by atoms with E-state index in [1.165, 1.54) is 16.3 Å². The van der Waals surface area contributed by atoms with Crippen molar-refractivity contribution in [1.29, 1.82) is 0 Å². The molecule has 0 radical (unpaired) electrons.